The van der Waals surface area contributed by atoms with Gasteiger partial charge < -0.3 is 4.74 Å². The van der Waals surface area contributed by atoms with Crippen molar-refractivity contribution in [3.63, 3.8) is 0 Å². The average Bonchev–Trinajstić information content (AvgIpc) is 2.69. The Morgan fingerprint density at radius 2 is 2.05 bits per heavy atom. The van der Waals surface area contributed by atoms with E-state index in [1.807, 2.05) is 0 Å². The predicted octanol–water partition coefficient (Wildman–Crippen LogP) is 4.21. The van der Waals surface area contributed by atoms with Crippen LogP contribution in [0.25, 0.3) is 0 Å². The molecule has 2 rings (SSSR count). The van der Waals surface area contributed by atoms with Gasteiger partial charge in [-0.2, -0.15) is 17.9 Å². The molecule has 106 valence electrons. The van der Waals surface area contributed by atoms with Crippen molar-refractivity contribution in [1.29, 1.82) is 0 Å². The number of nitrogens with zero attached hydrogens (tertiary/aromatic N) is 2. The maximum Gasteiger partial charge on any atom is 0.416 e. The van der Waals surface area contributed by atoms with Crippen LogP contribution < -0.4 is 4.74 Å². The van der Waals surface area contributed by atoms with Crippen LogP contribution in [0, 0.1) is 6.92 Å². The van der Waals surface area contributed by atoms with E-state index in [0.29, 0.717) is 5.69 Å². The van der Waals surface area contributed by atoms with Gasteiger partial charge in [0.2, 0.25) is 5.88 Å². The average molecular weight is 305 g/mol. The summed E-state index contributed by atoms with van der Waals surface area (Å²) in [5.74, 6) is -0.0534. The molecule has 1 aromatic heterocycles. The summed E-state index contributed by atoms with van der Waals surface area (Å²) in [4.78, 5) is 11.0. The SMILES string of the molecule is Cc1cc(Oc2cccc(C(F)(F)F)c2)nn1C(=O)Cl. The first-order valence-electron chi connectivity index (χ1n) is 5.39. The molecule has 0 atom stereocenters. The Bertz CT molecular complexity index is 652. The second-order valence-electron chi connectivity index (χ2n) is 3.92. The number of aryl methyl sites for hydroxylation is 1. The van der Waals surface area contributed by atoms with E-state index >= 15 is 0 Å². The van der Waals surface area contributed by atoms with Crippen LogP contribution in [0.15, 0.2) is 30.3 Å². The van der Waals surface area contributed by atoms with E-state index < -0.39 is 17.1 Å². The van der Waals surface area contributed by atoms with Crippen LogP contribution in [0.3, 0.4) is 0 Å². The molecule has 8 heteroatoms. The van der Waals surface area contributed by atoms with Crippen molar-refractivity contribution in [3.05, 3.63) is 41.6 Å². The predicted molar refractivity (Wildman–Crippen MR) is 65.1 cm³/mol. The molecule has 1 heterocycles. The summed E-state index contributed by atoms with van der Waals surface area (Å²) in [5, 5.41) is 2.90. The lowest BCUT2D eigenvalue weighted by atomic mass is 10.2. The van der Waals surface area contributed by atoms with E-state index in [1.54, 1.807) is 6.92 Å². The first kappa shape index (κ1) is 14.4. The number of hydrogen-bond donors (Lipinski definition) is 0. The van der Waals surface area contributed by atoms with E-state index in [4.69, 9.17) is 16.3 Å². The van der Waals surface area contributed by atoms with Gasteiger partial charge in [0.1, 0.15) is 5.75 Å². The van der Waals surface area contributed by atoms with Crippen LogP contribution in [-0.4, -0.2) is 15.1 Å². The minimum absolute atomic E-state index is 0.0178. The molecule has 20 heavy (non-hydrogen) atoms. The highest BCUT2D eigenvalue weighted by Crippen LogP contribution is 2.32. The highest BCUT2D eigenvalue weighted by atomic mass is 35.5. The van der Waals surface area contributed by atoms with Gasteiger partial charge in [-0.25, -0.2) is 0 Å². The molecule has 0 N–H and O–H groups in total. The maximum atomic E-state index is 12.5. The molecule has 0 unspecified atom stereocenters. The van der Waals surface area contributed by atoms with Gasteiger partial charge in [0.25, 0.3) is 0 Å². The van der Waals surface area contributed by atoms with Crippen molar-refractivity contribution >= 4 is 17.0 Å². The third kappa shape index (κ3) is 3.11. The normalized spacial score (nSPS) is 11.4. The second kappa shape index (κ2) is 5.16. The Kier molecular flexibility index (Phi) is 3.71. The quantitative estimate of drug-likeness (QED) is 0.781. The summed E-state index contributed by atoms with van der Waals surface area (Å²) in [6, 6.07) is 5.73. The fourth-order valence-corrected chi connectivity index (χ4v) is 1.70. The van der Waals surface area contributed by atoms with Crippen LogP contribution in [0.2, 0.25) is 0 Å². The Balaban J connectivity index is 2.26. The van der Waals surface area contributed by atoms with Gasteiger partial charge in [-0.15, -0.1) is 5.10 Å². The molecular formula is C12H8ClF3N2O2. The highest BCUT2D eigenvalue weighted by Gasteiger charge is 2.30. The Morgan fingerprint density at radius 1 is 1.35 bits per heavy atom. The fraction of sp³-hybridized carbons (Fsp3) is 0.167. The number of carbonyl (C=O) groups is 1. The van der Waals surface area contributed by atoms with Crippen molar-refractivity contribution in [2.75, 3.05) is 0 Å². The summed E-state index contributed by atoms with van der Waals surface area (Å²) in [5.41, 5.74) is -0.424. The number of carbonyl (C=O) groups excluding carboxylic acids is 1. The largest absolute Gasteiger partial charge is 0.438 e. The van der Waals surface area contributed by atoms with Gasteiger partial charge in [-0.05, 0) is 36.7 Å². The van der Waals surface area contributed by atoms with Crippen molar-refractivity contribution < 1.29 is 22.7 Å². The summed E-state index contributed by atoms with van der Waals surface area (Å²) >= 11 is 5.27. The lowest BCUT2D eigenvalue weighted by Crippen LogP contribution is -2.06. The van der Waals surface area contributed by atoms with Gasteiger partial charge in [0.15, 0.2) is 0 Å². The highest BCUT2D eigenvalue weighted by molar-refractivity contribution is 6.63. The molecule has 4 nitrogen and oxygen atoms in total. The zero-order chi connectivity index (χ0) is 14.9. The standard InChI is InChI=1S/C12H8ClF3N2O2/c1-7-5-10(17-18(7)11(13)19)20-9-4-2-3-8(6-9)12(14,15)16/h2-6H,1H3. The lowest BCUT2D eigenvalue weighted by molar-refractivity contribution is -0.137. The minimum atomic E-state index is -4.46. The van der Waals surface area contributed by atoms with Crippen LogP contribution in [-0.2, 0) is 6.18 Å². The van der Waals surface area contributed by atoms with Crippen molar-refractivity contribution in [1.82, 2.24) is 9.78 Å². The number of aromatic nitrogens is 2. The van der Waals surface area contributed by atoms with Crippen LogP contribution in [0.5, 0.6) is 11.6 Å². The van der Waals surface area contributed by atoms with Gasteiger partial charge in [-0.3, -0.25) is 4.79 Å². The molecule has 2 aromatic rings. The Morgan fingerprint density at radius 3 is 2.60 bits per heavy atom. The van der Waals surface area contributed by atoms with Crippen molar-refractivity contribution in [2.24, 2.45) is 0 Å². The topological polar surface area (TPSA) is 44.1 Å². The molecule has 0 spiro atoms. The monoisotopic (exact) mass is 304 g/mol. The second-order valence-corrected chi connectivity index (χ2v) is 4.24. The Labute approximate surface area is 116 Å². The minimum Gasteiger partial charge on any atom is -0.438 e. The number of benzene rings is 1. The number of ether oxygens (including phenoxy) is 1. The van der Waals surface area contributed by atoms with E-state index in [9.17, 15) is 18.0 Å². The lowest BCUT2D eigenvalue weighted by Gasteiger charge is -2.08. The van der Waals surface area contributed by atoms with Gasteiger partial charge in [0, 0.05) is 11.8 Å². The first-order chi connectivity index (χ1) is 9.27. The molecule has 0 radical (unpaired) electrons. The summed E-state index contributed by atoms with van der Waals surface area (Å²) in [6.45, 7) is 1.56. The van der Waals surface area contributed by atoms with E-state index in [2.05, 4.69) is 5.10 Å². The van der Waals surface area contributed by atoms with E-state index in [0.717, 1.165) is 16.8 Å². The molecule has 0 aliphatic rings. The number of hydrogen-bond acceptors (Lipinski definition) is 3. The van der Waals surface area contributed by atoms with E-state index in [1.165, 1.54) is 18.2 Å². The number of rotatable bonds is 2. The molecule has 0 bridgehead atoms. The zero-order valence-corrected chi connectivity index (χ0v) is 10.9. The first-order valence-corrected chi connectivity index (χ1v) is 5.77. The molecular weight excluding hydrogens is 297 g/mol. The van der Waals surface area contributed by atoms with Crippen LogP contribution in [0.4, 0.5) is 18.0 Å². The molecule has 0 saturated carbocycles. The third-order valence-electron chi connectivity index (χ3n) is 2.42. The molecule has 0 saturated heterocycles. The van der Waals surface area contributed by atoms with Crippen LogP contribution in [0.1, 0.15) is 11.3 Å². The number of alkyl halides is 3. The molecule has 1 aromatic carbocycles. The summed E-state index contributed by atoms with van der Waals surface area (Å²) < 4.78 is 43.7. The molecule has 0 aliphatic heterocycles. The summed E-state index contributed by atoms with van der Waals surface area (Å²) in [6.07, 6.45) is -4.46. The Hall–Kier alpha value is -2.02. The smallest absolute Gasteiger partial charge is 0.416 e. The fourth-order valence-electron chi connectivity index (χ4n) is 1.53. The van der Waals surface area contributed by atoms with Gasteiger partial charge >= 0.3 is 11.5 Å². The van der Waals surface area contributed by atoms with Crippen LogP contribution >= 0.6 is 11.6 Å². The van der Waals surface area contributed by atoms with Crippen molar-refractivity contribution in [3.8, 4) is 11.6 Å². The molecule has 0 aliphatic carbocycles. The van der Waals surface area contributed by atoms with Crippen molar-refractivity contribution in [2.45, 2.75) is 13.1 Å². The molecule has 0 fully saturated rings. The molecule has 0 amide bonds. The maximum absolute atomic E-state index is 12.5. The van der Waals surface area contributed by atoms with Gasteiger partial charge in [-0.1, -0.05) is 6.07 Å². The number of halogens is 4. The summed E-state index contributed by atoms with van der Waals surface area (Å²) in [7, 11) is 0. The van der Waals surface area contributed by atoms with E-state index in [-0.39, 0.29) is 11.6 Å². The third-order valence-corrected chi connectivity index (χ3v) is 2.58. The zero-order valence-electron chi connectivity index (χ0n) is 10.1. The van der Waals surface area contributed by atoms with Gasteiger partial charge in [0.05, 0.1) is 5.56 Å².